The molecule has 1 aliphatic rings. The Balaban J connectivity index is 2.55. The minimum absolute atomic E-state index is 0.0770. The summed E-state index contributed by atoms with van der Waals surface area (Å²) >= 11 is 0. The molecule has 0 atom stereocenters. The first-order chi connectivity index (χ1) is 5.68. The van der Waals surface area contributed by atoms with Gasteiger partial charge in [0.05, 0.1) is 11.5 Å². The summed E-state index contributed by atoms with van der Waals surface area (Å²) in [5.41, 5.74) is -0.0770. The highest BCUT2D eigenvalue weighted by atomic mass is 16.5. The van der Waals surface area contributed by atoms with Crippen LogP contribution in [0.5, 0.6) is 0 Å². The molecule has 1 aliphatic heterocycles. The number of hydrogen-bond donors (Lipinski definition) is 0. The summed E-state index contributed by atoms with van der Waals surface area (Å²) in [5.74, 6) is 0.614. The first-order valence-corrected chi connectivity index (χ1v) is 4.67. The van der Waals surface area contributed by atoms with E-state index in [2.05, 4.69) is 19.9 Å². The van der Waals surface area contributed by atoms with Crippen molar-refractivity contribution in [2.24, 2.45) is 11.3 Å². The van der Waals surface area contributed by atoms with E-state index in [-0.39, 0.29) is 5.41 Å². The van der Waals surface area contributed by atoms with Crippen molar-refractivity contribution >= 4 is 0 Å². The van der Waals surface area contributed by atoms with Gasteiger partial charge in [0.25, 0.3) is 0 Å². The summed E-state index contributed by atoms with van der Waals surface area (Å²) in [7, 11) is 0. The molecule has 0 aromatic rings. The van der Waals surface area contributed by atoms with Crippen LogP contribution < -0.4 is 0 Å². The fourth-order valence-corrected chi connectivity index (χ4v) is 1.91. The van der Waals surface area contributed by atoms with E-state index in [1.807, 2.05) is 0 Å². The number of nitriles is 1. The van der Waals surface area contributed by atoms with Crippen molar-refractivity contribution in [1.29, 1.82) is 5.26 Å². The maximum atomic E-state index is 9.08. The normalized spacial score (nSPS) is 22.2. The maximum absolute atomic E-state index is 9.08. The molecule has 68 valence electrons. The Morgan fingerprint density at radius 1 is 1.42 bits per heavy atom. The van der Waals surface area contributed by atoms with Crippen molar-refractivity contribution < 1.29 is 4.74 Å². The molecule has 0 N–H and O–H groups in total. The minimum atomic E-state index is -0.0770. The molecule has 0 spiro atoms. The Labute approximate surface area is 74.5 Å². The molecule has 0 aromatic carbocycles. The molecule has 1 heterocycles. The van der Waals surface area contributed by atoms with Gasteiger partial charge in [-0.15, -0.1) is 0 Å². The van der Waals surface area contributed by atoms with E-state index in [9.17, 15) is 0 Å². The Bertz CT molecular complexity index is 175. The van der Waals surface area contributed by atoms with Gasteiger partial charge in [-0.2, -0.15) is 5.26 Å². The van der Waals surface area contributed by atoms with Crippen molar-refractivity contribution in [2.75, 3.05) is 13.2 Å². The van der Waals surface area contributed by atoms with Crippen LogP contribution in [-0.4, -0.2) is 13.2 Å². The second kappa shape index (κ2) is 3.91. The molecule has 0 aromatic heterocycles. The lowest BCUT2D eigenvalue weighted by atomic mass is 9.75. The van der Waals surface area contributed by atoms with Crippen molar-refractivity contribution in [2.45, 2.75) is 33.1 Å². The number of nitrogens with zero attached hydrogens (tertiary/aromatic N) is 1. The van der Waals surface area contributed by atoms with Crippen LogP contribution in [0.3, 0.4) is 0 Å². The molecule has 2 nitrogen and oxygen atoms in total. The standard InChI is InChI=1S/C10H17NO/c1-9(2)7-10(8-11)3-5-12-6-4-10/h9H,3-7H2,1-2H3. The molecule has 0 radical (unpaired) electrons. The van der Waals surface area contributed by atoms with Crippen LogP contribution in [0, 0.1) is 22.7 Å². The summed E-state index contributed by atoms with van der Waals surface area (Å²) in [5, 5.41) is 9.08. The van der Waals surface area contributed by atoms with Gasteiger partial charge in [-0.05, 0) is 25.2 Å². The maximum Gasteiger partial charge on any atom is 0.0691 e. The first-order valence-electron chi connectivity index (χ1n) is 4.67. The van der Waals surface area contributed by atoms with Crippen molar-refractivity contribution in [3.8, 4) is 6.07 Å². The lowest BCUT2D eigenvalue weighted by Gasteiger charge is -2.31. The third-order valence-electron chi connectivity index (χ3n) is 2.49. The molecular formula is C10H17NO. The van der Waals surface area contributed by atoms with Crippen LogP contribution in [0.2, 0.25) is 0 Å². The quantitative estimate of drug-likeness (QED) is 0.632. The monoisotopic (exact) mass is 167 g/mol. The van der Waals surface area contributed by atoms with E-state index in [1.54, 1.807) is 0 Å². The fraction of sp³-hybridized carbons (Fsp3) is 0.900. The number of rotatable bonds is 2. The number of hydrogen-bond acceptors (Lipinski definition) is 2. The molecule has 0 amide bonds. The van der Waals surface area contributed by atoms with Crippen LogP contribution in [0.15, 0.2) is 0 Å². The zero-order chi connectivity index (χ0) is 9.03. The van der Waals surface area contributed by atoms with Gasteiger partial charge in [0.1, 0.15) is 0 Å². The Morgan fingerprint density at radius 2 is 2.00 bits per heavy atom. The molecule has 0 unspecified atom stereocenters. The summed E-state index contributed by atoms with van der Waals surface area (Å²) in [6.07, 6.45) is 2.86. The van der Waals surface area contributed by atoms with Crippen molar-refractivity contribution in [3.63, 3.8) is 0 Å². The third kappa shape index (κ3) is 2.22. The van der Waals surface area contributed by atoms with Crippen LogP contribution in [-0.2, 0) is 4.74 Å². The topological polar surface area (TPSA) is 33.0 Å². The molecule has 1 saturated heterocycles. The second-order valence-corrected chi connectivity index (χ2v) is 4.10. The van der Waals surface area contributed by atoms with Gasteiger partial charge in [0.15, 0.2) is 0 Å². The predicted octanol–water partition coefficient (Wildman–Crippen LogP) is 2.35. The summed E-state index contributed by atoms with van der Waals surface area (Å²) < 4.78 is 5.26. The van der Waals surface area contributed by atoms with E-state index < -0.39 is 0 Å². The van der Waals surface area contributed by atoms with E-state index in [4.69, 9.17) is 10.00 Å². The van der Waals surface area contributed by atoms with Gasteiger partial charge in [-0.3, -0.25) is 0 Å². The Kier molecular flexibility index (Phi) is 3.11. The highest BCUT2D eigenvalue weighted by Crippen LogP contribution is 2.35. The van der Waals surface area contributed by atoms with Gasteiger partial charge >= 0.3 is 0 Å². The summed E-state index contributed by atoms with van der Waals surface area (Å²) in [6, 6.07) is 2.47. The zero-order valence-electron chi connectivity index (χ0n) is 7.97. The van der Waals surface area contributed by atoms with Gasteiger partial charge in [0.2, 0.25) is 0 Å². The van der Waals surface area contributed by atoms with E-state index in [0.717, 1.165) is 32.5 Å². The lowest BCUT2D eigenvalue weighted by molar-refractivity contribution is 0.0319. The number of ether oxygens (including phenoxy) is 1. The smallest absolute Gasteiger partial charge is 0.0691 e. The highest BCUT2D eigenvalue weighted by molar-refractivity contribution is 5.00. The minimum Gasteiger partial charge on any atom is -0.381 e. The average Bonchev–Trinajstić information content (AvgIpc) is 2.05. The van der Waals surface area contributed by atoms with Crippen molar-refractivity contribution in [3.05, 3.63) is 0 Å². The molecule has 0 saturated carbocycles. The summed E-state index contributed by atoms with van der Waals surface area (Å²) in [6.45, 7) is 5.88. The van der Waals surface area contributed by atoms with Crippen molar-refractivity contribution in [1.82, 2.24) is 0 Å². The molecule has 1 fully saturated rings. The van der Waals surface area contributed by atoms with E-state index in [0.29, 0.717) is 5.92 Å². The second-order valence-electron chi connectivity index (χ2n) is 4.10. The SMILES string of the molecule is CC(C)CC1(C#N)CCOCC1. The molecule has 12 heavy (non-hydrogen) atoms. The zero-order valence-corrected chi connectivity index (χ0v) is 7.97. The Hall–Kier alpha value is -0.550. The van der Waals surface area contributed by atoms with Gasteiger partial charge in [0, 0.05) is 13.2 Å². The van der Waals surface area contributed by atoms with Gasteiger partial charge in [-0.25, -0.2) is 0 Å². The van der Waals surface area contributed by atoms with Gasteiger partial charge in [-0.1, -0.05) is 13.8 Å². The summed E-state index contributed by atoms with van der Waals surface area (Å²) in [4.78, 5) is 0. The first kappa shape index (κ1) is 9.54. The third-order valence-corrected chi connectivity index (χ3v) is 2.49. The largest absolute Gasteiger partial charge is 0.381 e. The average molecular weight is 167 g/mol. The van der Waals surface area contributed by atoms with E-state index in [1.165, 1.54) is 0 Å². The molecular weight excluding hydrogens is 150 g/mol. The van der Waals surface area contributed by atoms with Crippen LogP contribution >= 0.6 is 0 Å². The molecule has 2 heteroatoms. The van der Waals surface area contributed by atoms with Gasteiger partial charge < -0.3 is 4.74 Å². The molecule has 0 aliphatic carbocycles. The van der Waals surface area contributed by atoms with Crippen LogP contribution in [0.25, 0.3) is 0 Å². The van der Waals surface area contributed by atoms with Crippen LogP contribution in [0.4, 0.5) is 0 Å². The molecule has 1 rings (SSSR count). The predicted molar refractivity (Wildman–Crippen MR) is 47.6 cm³/mol. The highest BCUT2D eigenvalue weighted by Gasteiger charge is 2.32. The fourth-order valence-electron chi connectivity index (χ4n) is 1.91. The lowest BCUT2D eigenvalue weighted by Crippen LogP contribution is -2.29. The Morgan fingerprint density at radius 3 is 2.42 bits per heavy atom. The van der Waals surface area contributed by atoms with Crippen LogP contribution in [0.1, 0.15) is 33.1 Å². The van der Waals surface area contributed by atoms with E-state index >= 15 is 0 Å². The molecule has 0 bridgehead atoms.